The van der Waals surface area contributed by atoms with Crippen LogP contribution in [0.5, 0.6) is 0 Å². The van der Waals surface area contributed by atoms with Crippen molar-refractivity contribution in [1.82, 2.24) is 20.1 Å². The molecule has 0 saturated carbocycles. The van der Waals surface area contributed by atoms with Gasteiger partial charge >= 0.3 is 0 Å². The maximum Gasteiger partial charge on any atom is 0.220 e. The molecular formula is C12H20N4O2S. The predicted octanol–water partition coefficient (Wildman–Crippen LogP) is 1.44. The van der Waals surface area contributed by atoms with Crippen LogP contribution in [0, 0.1) is 4.77 Å². The number of hydrogen-bond acceptors (Lipinski definition) is 4. The van der Waals surface area contributed by atoms with Crippen LogP contribution >= 0.6 is 12.2 Å². The maximum atomic E-state index is 11.7. The molecule has 19 heavy (non-hydrogen) atoms. The van der Waals surface area contributed by atoms with Crippen molar-refractivity contribution in [1.29, 1.82) is 0 Å². The Bertz CT molecular complexity index is 496. The third kappa shape index (κ3) is 3.87. The number of carbonyl (C=O) groups excluding carboxylic acids is 1. The molecule has 106 valence electrons. The predicted molar refractivity (Wildman–Crippen MR) is 73.0 cm³/mol. The highest BCUT2D eigenvalue weighted by Crippen LogP contribution is 2.22. The molecule has 1 amide bonds. The molecule has 2 heterocycles. The number of ether oxygens (including phenoxy) is 1. The summed E-state index contributed by atoms with van der Waals surface area (Å²) >= 11 is 5.00. The van der Waals surface area contributed by atoms with E-state index in [-0.39, 0.29) is 12.0 Å². The first kappa shape index (κ1) is 14.2. The van der Waals surface area contributed by atoms with Crippen molar-refractivity contribution in [3.63, 3.8) is 0 Å². The highest BCUT2D eigenvalue weighted by molar-refractivity contribution is 7.71. The Kier molecular flexibility index (Phi) is 4.71. The number of carbonyl (C=O) groups is 1. The smallest absolute Gasteiger partial charge is 0.220 e. The summed E-state index contributed by atoms with van der Waals surface area (Å²) in [6.07, 6.45) is 4.00. The molecule has 0 aromatic carbocycles. The first-order valence-corrected chi connectivity index (χ1v) is 6.99. The second kappa shape index (κ2) is 6.29. The van der Waals surface area contributed by atoms with E-state index >= 15 is 0 Å². The van der Waals surface area contributed by atoms with Crippen molar-refractivity contribution in [2.75, 3.05) is 0 Å². The number of rotatable bonds is 5. The van der Waals surface area contributed by atoms with Crippen LogP contribution in [-0.4, -0.2) is 32.9 Å². The lowest BCUT2D eigenvalue weighted by Crippen LogP contribution is -2.25. The third-order valence-corrected chi connectivity index (χ3v) is 3.79. The van der Waals surface area contributed by atoms with Crippen molar-refractivity contribution in [3.05, 3.63) is 10.6 Å². The Morgan fingerprint density at radius 3 is 3.00 bits per heavy atom. The molecule has 1 fully saturated rings. The third-order valence-electron chi connectivity index (χ3n) is 3.43. The van der Waals surface area contributed by atoms with E-state index < -0.39 is 0 Å². The lowest BCUT2D eigenvalue weighted by atomic mass is 10.1. The molecule has 0 aliphatic carbocycles. The number of nitrogens with zero attached hydrogens (tertiary/aromatic N) is 2. The minimum Gasteiger partial charge on any atom is -0.375 e. The molecule has 1 aromatic rings. The van der Waals surface area contributed by atoms with E-state index in [9.17, 15) is 4.79 Å². The molecule has 2 unspecified atom stereocenters. The first-order valence-electron chi connectivity index (χ1n) is 6.58. The highest BCUT2D eigenvalue weighted by Gasteiger charge is 2.22. The maximum absolute atomic E-state index is 11.7. The zero-order valence-electron chi connectivity index (χ0n) is 11.3. The van der Waals surface area contributed by atoms with E-state index in [0.717, 1.165) is 25.1 Å². The van der Waals surface area contributed by atoms with Crippen molar-refractivity contribution >= 4 is 18.1 Å². The fraction of sp³-hybridized carbons (Fsp3) is 0.750. The molecule has 0 bridgehead atoms. The van der Waals surface area contributed by atoms with Crippen LogP contribution in [0.2, 0.25) is 0 Å². The van der Waals surface area contributed by atoms with E-state index in [4.69, 9.17) is 17.0 Å². The average Bonchev–Trinajstić information content (AvgIpc) is 2.93. The zero-order chi connectivity index (χ0) is 13.8. The van der Waals surface area contributed by atoms with Crippen LogP contribution in [0.1, 0.15) is 38.4 Å². The van der Waals surface area contributed by atoms with Gasteiger partial charge in [-0.3, -0.25) is 9.89 Å². The molecule has 6 nitrogen and oxygen atoms in total. The summed E-state index contributed by atoms with van der Waals surface area (Å²) in [6.45, 7) is 2.47. The number of aromatic amines is 1. The second-order valence-electron chi connectivity index (χ2n) is 4.97. The van der Waals surface area contributed by atoms with Gasteiger partial charge in [-0.1, -0.05) is 0 Å². The van der Waals surface area contributed by atoms with Crippen molar-refractivity contribution in [2.45, 2.75) is 51.4 Å². The molecule has 2 atom stereocenters. The summed E-state index contributed by atoms with van der Waals surface area (Å²) in [5.41, 5.74) is 0. The number of amides is 1. The minimum atomic E-state index is 0.0251. The van der Waals surface area contributed by atoms with Gasteiger partial charge in [0.25, 0.3) is 0 Å². The Balaban J connectivity index is 1.70. The fourth-order valence-electron chi connectivity index (χ4n) is 2.19. The van der Waals surface area contributed by atoms with Gasteiger partial charge < -0.3 is 14.6 Å². The van der Waals surface area contributed by atoms with E-state index in [1.807, 2.05) is 7.05 Å². The van der Waals surface area contributed by atoms with E-state index in [1.165, 1.54) is 0 Å². The molecule has 0 radical (unpaired) electrons. The molecule has 2 N–H and O–H groups in total. The number of nitrogens with one attached hydrogen (secondary N) is 2. The molecule has 2 rings (SSSR count). The van der Waals surface area contributed by atoms with Crippen LogP contribution in [0.4, 0.5) is 0 Å². The highest BCUT2D eigenvalue weighted by atomic mass is 32.1. The van der Waals surface area contributed by atoms with Gasteiger partial charge in [-0.15, -0.1) is 0 Å². The summed E-state index contributed by atoms with van der Waals surface area (Å²) in [5, 5.41) is 9.57. The van der Waals surface area contributed by atoms with Gasteiger partial charge in [-0.05, 0) is 38.4 Å². The Morgan fingerprint density at radius 1 is 1.63 bits per heavy atom. The van der Waals surface area contributed by atoms with Crippen molar-refractivity contribution < 1.29 is 9.53 Å². The molecule has 7 heteroatoms. The van der Waals surface area contributed by atoms with Crippen LogP contribution in [0.25, 0.3) is 0 Å². The standard InChI is InChI=1S/C12H20N4O2S/c1-8-3-4-9(18-8)5-6-11(17)13-7-10-14-15-12(19)16(10)2/h8-9H,3-7H2,1-2H3,(H,13,17)(H,15,19). The van der Waals surface area contributed by atoms with Gasteiger partial charge in [0.05, 0.1) is 18.8 Å². The normalized spacial score (nSPS) is 22.6. The van der Waals surface area contributed by atoms with Crippen LogP contribution in [0.3, 0.4) is 0 Å². The Labute approximate surface area is 117 Å². The molecule has 1 aliphatic rings. The summed E-state index contributed by atoms with van der Waals surface area (Å²) in [6, 6.07) is 0. The van der Waals surface area contributed by atoms with Crippen LogP contribution < -0.4 is 5.32 Å². The summed E-state index contributed by atoms with van der Waals surface area (Å²) in [5.74, 6) is 0.751. The van der Waals surface area contributed by atoms with Gasteiger partial charge in [-0.25, -0.2) is 0 Å². The van der Waals surface area contributed by atoms with Gasteiger partial charge in [0, 0.05) is 13.5 Å². The summed E-state index contributed by atoms with van der Waals surface area (Å²) in [7, 11) is 1.82. The second-order valence-corrected chi connectivity index (χ2v) is 5.35. The van der Waals surface area contributed by atoms with Gasteiger partial charge in [0.15, 0.2) is 10.6 Å². The van der Waals surface area contributed by atoms with Crippen molar-refractivity contribution in [2.24, 2.45) is 7.05 Å². The van der Waals surface area contributed by atoms with E-state index in [1.54, 1.807) is 4.57 Å². The van der Waals surface area contributed by atoms with Gasteiger partial charge in [0.2, 0.25) is 5.91 Å². The van der Waals surface area contributed by atoms with E-state index in [2.05, 4.69) is 22.4 Å². The summed E-state index contributed by atoms with van der Waals surface area (Å²) in [4.78, 5) is 11.7. The minimum absolute atomic E-state index is 0.0251. The van der Waals surface area contributed by atoms with Gasteiger partial charge in [0.1, 0.15) is 0 Å². The van der Waals surface area contributed by atoms with Crippen molar-refractivity contribution in [3.8, 4) is 0 Å². The monoisotopic (exact) mass is 284 g/mol. The lowest BCUT2D eigenvalue weighted by molar-refractivity contribution is -0.122. The SMILES string of the molecule is CC1CCC(CCC(=O)NCc2n[nH]c(=S)n2C)O1. The summed E-state index contributed by atoms with van der Waals surface area (Å²) < 4.78 is 7.98. The first-order chi connectivity index (χ1) is 9.06. The van der Waals surface area contributed by atoms with Crippen LogP contribution in [-0.2, 0) is 23.1 Å². The van der Waals surface area contributed by atoms with Gasteiger partial charge in [-0.2, -0.15) is 5.10 Å². The quantitative estimate of drug-likeness (QED) is 0.803. The lowest BCUT2D eigenvalue weighted by Gasteiger charge is -2.10. The number of H-pyrrole nitrogens is 1. The fourth-order valence-corrected chi connectivity index (χ4v) is 2.34. The number of hydrogen-bond donors (Lipinski definition) is 2. The number of aromatic nitrogens is 3. The molecule has 1 saturated heterocycles. The Hall–Kier alpha value is -1.21. The molecular weight excluding hydrogens is 264 g/mol. The molecule has 1 aliphatic heterocycles. The molecule has 1 aromatic heterocycles. The zero-order valence-corrected chi connectivity index (χ0v) is 12.1. The van der Waals surface area contributed by atoms with Crippen LogP contribution in [0.15, 0.2) is 0 Å². The molecule has 0 spiro atoms. The average molecular weight is 284 g/mol. The largest absolute Gasteiger partial charge is 0.375 e. The Morgan fingerprint density at radius 2 is 2.42 bits per heavy atom. The topological polar surface area (TPSA) is 71.9 Å². The van der Waals surface area contributed by atoms with E-state index in [0.29, 0.717) is 23.8 Å².